The lowest BCUT2D eigenvalue weighted by atomic mass is 10.0. The molecule has 2 atom stereocenters. The first-order valence-corrected chi connectivity index (χ1v) is 11.4. The van der Waals surface area contributed by atoms with Crippen LogP contribution in [0.1, 0.15) is 29.2 Å². The molecular formula is C27H28N2O5. The van der Waals surface area contributed by atoms with Crippen LogP contribution in [-0.4, -0.2) is 48.8 Å². The predicted molar refractivity (Wildman–Crippen MR) is 128 cm³/mol. The highest BCUT2D eigenvalue weighted by Crippen LogP contribution is 2.34. The summed E-state index contributed by atoms with van der Waals surface area (Å²) in [6.45, 7) is 1.99. The van der Waals surface area contributed by atoms with Crippen molar-refractivity contribution in [2.24, 2.45) is 5.16 Å². The average Bonchev–Trinajstić information content (AvgIpc) is 3.53. The number of hydrogen-bond donors (Lipinski definition) is 1. The Bertz CT molecular complexity index is 1150. The van der Waals surface area contributed by atoms with Crippen LogP contribution in [0.5, 0.6) is 17.2 Å². The van der Waals surface area contributed by atoms with E-state index in [2.05, 4.69) is 16.1 Å². The van der Waals surface area contributed by atoms with E-state index in [0.717, 1.165) is 39.7 Å². The lowest BCUT2D eigenvalue weighted by Gasteiger charge is -2.27. The monoisotopic (exact) mass is 460 g/mol. The van der Waals surface area contributed by atoms with Crippen molar-refractivity contribution in [3.05, 3.63) is 89.5 Å². The summed E-state index contributed by atoms with van der Waals surface area (Å²) < 4.78 is 16.3. The quantitative estimate of drug-likeness (QED) is 0.517. The minimum atomic E-state index is -0.609. The van der Waals surface area contributed by atoms with Crippen LogP contribution < -0.4 is 14.2 Å². The van der Waals surface area contributed by atoms with Gasteiger partial charge >= 0.3 is 0 Å². The number of benzene rings is 3. The molecule has 3 aromatic carbocycles. The molecule has 5 rings (SSSR count). The summed E-state index contributed by atoms with van der Waals surface area (Å²) in [5.74, 6) is 2.29. The highest BCUT2D eigenvalue weighted by Gasteiger charge is 2.27. The number of ether oxygens (including phenoxy) is 3. The zero-order valence-electron chi connectivity index (χ0n) is 19.1. The second-order valence-electron chi connectivity index (χ2n) is 8.51. The maximum atomic E-state index is 10.9. The molecule has 7 nitrogen and oxygen atoms in total. The van der Waals surface area contributed by atoms with Crippen LogP contribution in [0.25, 0.3) is 0 Å². The molecule has 0 amide bonds. The summed E-state index contributed by atoms with van der Waals surface area (Å²) in [6.07, 6.45) is -0.0492. The largest absolute Gasteiger partial charge is 0.497 e. The highest BCUT2D eigenvalue weighted by atomic mass is 16.7. The van der Waals surface area contributed by atoms with Gasteiger partial charge in [0.05, 0.1) is 18.9 Å². The summed E-state index contributed by atoms with van der Waals surface area (Å²) in [5, 5.41) is 15.3. The summed E-state index contributed by atoms with van der Waals surface area (Å²) in [7, 11) is 1.66. The fraction of sp³-hybridized carbons (Fsp3) is 0.296. The minimum Gasteiger partial charge on any atom is -0.497 e. The zero-order chi connectivity index (χ0) is 23.3. The van der Waals surface area contributed by atoms with Gasteiger partial charge in [0, 0.05) is 31.6 Å². The van der Waals surface area contributed by atoms with Crippen molar-refractivity contribution in [2.75, 3.05) is 27.0 Å². The third kappa shape index (κ3) is 5.16. The Balaban J connectivity index is 1.28. The maximum absolute atomic E-state index is 10.9. The van der Waals surface area contributed by atoms with Gasteiger partial charge in [-0.1, -0.05) is 47.6 Å². The van der Waals surface area contributed by atoms with Gasteiger partial charge in [0.25, 0.3) is 0 Å². The third-order valence-electron chi connectivity index (χ3n) is 6.06. The van der Waals surface area contributed by atoms with Crippen molar-refractivity contribution in [1.82, 2.24) is 4.90 Å². The third-order valence-corrected chi connectivity index (χ3v) is 6.06. The predicted octanol–water partition coefficient (Wildman–Crippen LogP) is 4.15. The molecule has 0 radical (unpaired) electrons. The van der Waals surface area contributed by atoms with Crippen molar-refractivity contribution in [3.8, 4) is 17.2 Å². The van der Waals surface area contributed by atoms with Crippen LogP contribution >= 0.6 is 0 Å². The van der Waals surface area contributed by atoms with E-state index in [4.69, 9.17) is 19.0 Å². The lowest BCUT2D eigenvalue weighted by Crippen LogP contribution is -2.35. The van der Waals surface area contributed by atoms with Gasteiger partial charge in [-0.15, -0.1) is 0 Å². The summed E-state index contributed by atoms with van der Waals surface area (Å²) in [4.78, 5) is 8.01. The number of methoxy groups -OCH3 is 1. The zero-order valence-corrected chi connectivity index (χ0v) is 19.1. The summed E-state index contributed by atoms with van der Waals surface area (Å²) >= 11 is 0. The number of aliphatic hydroxyl groups is 1. The van der Waals surface area contributed by atoms with Gasteiger partial charge in [0.2, 0.25) is 6.79 Å². The van der Waals surface area contributed by atoms with Crippen LogP contribution in [0, 0.1) is 0 Å². The normalized spacial score (nSPS) is 17.4. The second kappa shape index (κ2) is 10.2. The molecule has 0 saturated carbocycles. The Morgan fingerprint density at radius 3 is 2.74 bits per heavy atom. The first-order valence-electron chi connectivity index (χ1n) is 11.4. The van der Waals surface area contributed by atoms with Crippen molar-refractivity contribution in [2.45, 2.75) is 25.2 Å². The molecule has 0 unspecified atom stereocenters. The van der Waals surface area contributed by atoms with Crippen LogP contribution in [0.3, 0.4) is 0 Å². The smallest absolute Gasteiger partial charge is 0.231 e. The van der Waals surface area contributed by atoms with Crippen molar-refractivity contribution >= 4 is 5.71 Å². The SMILES string of the molecule is COc1cccc(CN(C[C@@H]2CC(c3ccc4c(c3)OCO4)=NO2)C[C@@H](O)c2ccccc2)c1. The van der Waals surface area contributed by atoms with Gasteiger partial charge in [-0.3, -0.25) is 4.90 Å². The topological polar surface area (TPSA) is 72.8 Å². The number of aliphatic hydroxyl groups excluding tert-OH is 1. The number of nitrogens with zero attached hydrogens (tertiary/aromatic N) is 2. The van der Waals surface area contributed by atoms with E-state index in [1.165, 1.54) is 0 Å². The van der Waals surface area contributed by atoms with Gasteiger partial charge in [-0.2, -0.15) is 0 Å². The van der Waals surface area contributed by atoms with E-state index < -0.39 is 6.10 Å². The van der Waals surface area contributed by atoms with Gasteiger partial charge in [-0.05, 0) is 41.5 Å². The molecule has 0 aliphatic carbocycles. The molecule has 1 N–H and O–H groups in total. The van der Waals surface area contributed by atoms with E-state index in [1.54, 1.807) is 7.11 Å². The van der Waals surface area contributed by atoms with E-state index in [1.807, 2.05) is 66.7 Å². The molecule has 0 aromatic heterocycles. The van der Waals surface area contributed by atoms with Gasteiger partial charge < -0.3 is 24.2 Å². The fourth-order valence-corrected chi connectivity index (χ4v) is 4.32. The van der Waals surface area contributed by atoms with Gasteiger partial charge in [0.15, 0.2) is 11.5 Å². The lowest BCUT2D eigenvalue weighted by molar-refractivity contribution is 0.0318. The summed E-state index contributed by atoms with van der Waals surface area (Å²) in [6, 6.07) is 23.5. The molecule has 34 heavy (non-hydrogen) atoms. The van der Waals surface area contributed by atoms with Crippen LogP contribution in [0.15, 0.2) is 78.0 Å². The minimum absolute atomic E-state index is 0.117. The van der Waals surface area contributed by atoms with Crippen LogP contribution in [0.2, 0.25) is 0 Å². The molecule has 7 heteroatoms. The molecule has 0 bridgehead atoms. The molecule has 3 aromatic rings. The Morgan fingerprint density at radius 1 is 1.03 bits per heavy atom. The Kier molecular flexibility index (Phi) is 6.65. The Morgan fingerprint density at radius 2 is 1.88 bits per heavy atom. The number of hydrogen-bond acceptors (Lipinski definition) is 7. The first-order chi connectivity index (χ1) is 16.7. The molecule has 0 fully saturated rings. The van der Waals surface area contributed by atoms with Gasteiger partial charge in [-0.25, -0.2) is 0 Å². The molecule has 2 aliphatic rings. The van der Waals surface area contributed by atoms with Crippen LogP contribution in [0.4, 0.5) is 0 Å². The molecule has 176 valence electrons. The van der Waals surface area contributed by atoms with Crippen molar-refractivity contribution in [3.63, 3.8) is 0 Å². The average molecular weight is 461 g/mol. The Hall–Kier alpha value is -3.55. The van der Waals surface area contributed by atoms with E-state index in [0.29, 0.717) is 26.1 Å². The molecule has 2 heterocycles. The van der Waals surface area contributed by atoms with E-state index >= 15 is 0 Å². The maximum Gasteiger partial charge on any atom is 0.231 e. The van der Waals surface area contributed by atoms with Crippen LogP contribution in [-0.2, 0) is 11.4 Å². The number of rotatable bonds is 9. The van der Waals surface area contributed by atoms with E-state index in [9.17, 15) is 5.11 Å². The number of fused-ring (bicyclic) bond motifs is 1. The van der Waals surface area contributed by atoms with E-state index in [-0.39, 0.29) is 12.9 Å². The first kappa shape index (κ1) is 22.3. The van der Waals surface area contributed by atoms with Crippen molar-refractivity contribution in [1.29, 1.82) is 0 Å². The molecular weight excluding hydrogens is 432 g/mol. The molecule has 2 aliphatic heterocycles. The number of oxime groups is 1. The summed E-state index contributed by atoms with van der Waals surface area (Å²) in [5.41, 5.74) is 3.85. The standard InChI is InChI=1S/C27H28N2O5/c1-31-22-9-5-6-19(12-22)15-29(17-25(30)20-7-3-2-4-8-20)16-23-14-24(28-34-23)21-10-11-26-27(13-21)33-18-32-26/h2-13,23,25,30H,14-18H2,1H3/t23-,25+/m0/s1. The van der Waals surface area contributed by atoms with Crippen molar-refractivity contribution < 1.29 is 24.2 Å². The fourth-order valence-electron chi connectivity index (χ4n) is 4.32. The molecule has 0 spiro atoms. The molecule has 0 saturated heterocycles. The van der Waals surface area contributed by atoms with Gasteiger partial charge in [0.1, 0.15) is 11.9 Å². The Labute approximate surface area is 199 Å². The second-order valence-corrected chi connectivity index (χ2v) is 8.51. The highest BCUT2D eigenvalue weighted by molar-refractivity contribution is 6.01.